The summed E-state index contributed by atoms with van der Waals surface area (Å²) in [6, 6.07) is 8.60. The van der Waals surface area contributed by atoms with Crippen LogP contribution in [0.5, 0.6) is 0 Å². The molecule has 0 N–H and O–H groups in total. The standard InChI is InChI=1S/C12H14BrN3/c1-9(2)12(16-8-7-14-15-16)10-3-5-11(13)6-4-10/h3-9,12H,1-2H3. The molecule has 0 bridgehead atoms. The molecule has 16 heavy (non-hydrogen) atoms. The molecular formula is C12H14BrN3. The van der Waals surface area contributed by atoms with Crippen LogP contribution in [0, 0.1) is 5.92 Å². The Kier molecular flexibility index (Phi) is 3.39. The predicted molar refractivity (Wildman–Crippen MR) is 67.1 cm³/mol. The van der Waals surface area contributed by atoms with Crippen molar-refractivity contribution in [2.45, 2.75) is 19.9 Å². The third-order valence-electron chi connectivity index (χ3n) is 2.57. The van der Waals surface area contributed by atoms with E-state index in [1.807, 2.05) is 10.9 Å². The van der Waals surface area contributed by atoms with Gasteiger partial charge in [0.1, 0.15) is 0 Å². The maximum absolute atomic E-state index is 4.09. The van der Waals surface area contributed by atoms with Crippen molar-refractivity contribution in [1.29, 1.82) is 0 Å². The zero-order valence-corrected chi connectivity index (χ0v) is 10.9. The number of hydrogen-bond acceptors (Lipinski definition) is 2. The first kappa shape index (κ1) is 11.3. The van der Waals surface area contributed by atoms with Crippen molar-refractivity contribution >= 4 is 15.9 Å². The summed E-state index contributed by atoms with van der Waals surface area (Å²) in [7, 11) is 0. The topological polar surface area (TPSA) is 30.7 Å². The van der Waals surface area contributed by atoms with Gasteiger partial charge in [-0.05, 0) is 23.6 Å². The van der Waals surface area contributed by atoms with Gasteiger partial charge in [-0.3, -0.25) is 0 Å². The Morgan fingerprint density at radius 2 is 1.88 bits per heavy atom. The SMILES string of the molecule is CC(C)C(c1ccc(Br)cc1)n1ccnn1. The Morgan fingerprint density at radius 3 is 2.38 bits per heavy atom. The maximum Gasteiger partial charge on any atom is 0.0809 e. The molecule has 84 valence electrons. The number of aromatic nitrogens is 3. The highest BCUT2D eigenvalue weighted by molar-refractivity contribution is 9.10. The van der Waals surface area contributed by atoms with Gasteiger partial charge in [0.25, 0.3) is 0 Å². The van der Waals surface area contributed by atoms with Crippen LogP contribution < -0.4 is 0 Å². The summed E-state index contributed by atoms with van der Waals surface area (Å²) in [6.07, 6.45) is 3.63. The van der Waals surface area contributed by atoms with Gasteiger partial charge >= 0.3 is 0 Å². The molecule has 0 aliphatic carbocycles. The third-order valence-corrected chi connectivity index (χ3v) is 3.10. The molecular weight excluding hydrogens is 266 g/mol. The highest BCUT2D eigenvalue weighted by atomic mass is 79.9. The van der Waals surface area contributed by atoms with Crippen LogP contribution in [0.25, 0.3) is 0 Å². The molecule has 0 aliphatic heterocycles. The smallest absolute Gasteiger partial charge is 0.0809 e. The van der Waals surface area contributed by atoms with Crippen LogP contribution in [0.1, 0.15) is 25.5 Å². The number of nitrogens with zero attached hydrogens (tertiary/aromatic N) is 3. The van der Waals surface area contributed by atoms with Crippen molar-refractivity contribution in [3.05, 3.63) is 46.7 Å². The van der Waals surface area contributed by atoms with Crippen molar-refractivity contribution in [3.63, 3.8) is 0 Å². The molecule has 0 spiro atoms. The minimum Gasteiger partial charge on any atom is -0.245 e. The van der Waals surface area contributed by atoms with E-state index in [-0.39, 0.29) is 6.04 Å². The first-order valence-electron chi connectivity index (χ1n) is 5.29. The fraction of sp³-hybridized carbons (Fsp3) is 0.333. The molecule has 0 saturated carbocycles. The fourth-order valence-electron chi connectivity index (χ4n) is 1.87. The second-order valence-electron chi connectivity index (χ2n) is 4.12. The summed E-state index contributed by atoms with van der Waals surface area (Å²) >= 11 is 3.45. The lowest BCUT2D eigenvalue weighted by Crippen LogP contribution is -2.17. The van der Waals surface area contributed by atoms with Crippen molar-refractivity contribution in [2.75, 3.05) is 0 Å². The summed E-state index contributed by atoms with van der Waals surface area (Å²) in [4.78, 5) is 0. The molecule has 0 radical (unpaired) electrons. The highest BCUT2D eigenvalue weighted by Gasteiger charge is 2.18. The summed E-state index contributed by atoms with van der Waals surface area (Å²) < 4.78 is 3.01. The molecule has 2 aromatic rings. The van der Waals surface area contributed by atoms with E-state index in [1.165, 1.54) is 5.56 Å². The van der Waals surface area contributed by atoms with Crippen molar-refractivity contribution in [2.24, 2.45) is 5.92 Å². The molecule has 1 heterocycles. The molecule has 0 amide bonds. The van der Waals surface area contributed by atoms with Crippen molar-refractivity contribution in [3.8, 4) is 0 Å². The largest absolute Gasteiger partial charge is 0.245 e. The number of benzene rings is 1. The lowest BCUT2D eigenvalue weighted by atomic mass is 9.96. The molecule has 1 atom stereocenters. The van der Waals surface area contributed by atoms with Gasteiger partial charge in [0.15, 0.2) is 0 Å². The van der Waals surface area contributed by atoms with Crippen molar-refractivity contribution in [1.82, 2.24) is 15.0 Å². The molecule has 1 aromatic heterocycles. The lowest BCUT2D eigenvalue weighted by molar-refractivity contribution is 0.394. The van der Waals surface area contributed by atoms with Crippen molar-refractivity contribution < 1.29 is 0 Å². The van der Waals surface area contributed by atoms with E-state index >= 15 is 0 Å². The first-order chi connectivity index (χ1) is 7.68. The molecule has 0 saturated heterocycles. The van der Waals surface area contributed by atoms with Gasteiger partial charge in [-0.2, -0.15) is 0 Å². The van der Waals surface area contributed by atoms with E-state index in [1.54, 1.807) is 6.20 Å². The molecule has 3 nitrogen and oxygen atoms in total. The predicted octanol–water partition coefficient (Wildman–Crippen LogP) is 3.29. The highest BCUT2D eigenvalue weighted by Crippen LogP contribution is 2.26. The monoisotopic (exact) mass is 279 g/mol. The van der Waals surface area contributed by atoms with Gasteiger partial charge in [-0.15, -0.1) is 5.10 Å². The second-order valence-corrected chi connectivity index (χ2v) is 5.04. The van der Waals surface area contributed by atoms with Crippen LogP contribution in [0.15, 0.2) is 41.1 Å². The van der Waals surface area contributed by atoms with Crippen LogP contribution >= 0.6 is 15.9 Å². The number of halogens is 1. The van der Waals surface area contributed by atoms with E-state index in [9.17, 15) is 0 Å². The molecule has 2 rings (SSSR count). The summed E-state index contributed by atoms with van der Waals surface area (Å²) in [6.45, 7) is 4.38. The van der Waals surface area contributed by atoms with E-state index < -0.39 is 0 Å². The normalized spacial score (nSPS) is 13.0. The Bertz CT molecular complexity index is 434. The van der Waals surface area contributed by atoms with Crippen LogP contribution in [-0.2, 0) is 0 Å². The zero-order valence-electron chi connectivity index (χ0n) is 9.34. The minimum absolute atomic E-state index is 0.246. The summed E-state index contributed by atoms with van der Waals surface area (Å²) in [5.41, 5.74) is 1.25. The Labute approximate surface area is 104 Å². The number of hydrogen-bond donors (Lipinski definition) is 0. The van der Waals surface area contributed by atoms with E-state index in [2.05, 4.69) is 64.4 Å². The lowest BCUT2D eigenvalue weighted by Gasteiger charge is -2.21. The van der Waals surface area contributed by atoms with Gasteiger partial charge in [-0.1, -0.05) is 47.1 Å². The fourth-order valence-corrected chi connectivity index (χ4v) is 2.13. The van der Waals surface area contributed by atoms with Gasteiger partial charge in [0.2, 0.25) is 0 Å². The molecule has 4 heteroatoms. The molecule has 0 aliphatic rings. The second kappa shape index (κ2) is 4.78. The van der Waals surface area contributed by atoms with Gasteiger partial charge in [0, 0.05) is 10.7 Å². The number of rotatable bonds is 3. The molecule has 1 aromatic carbocycles. The average molecular weight is 280 g/mol. The van der Waals surface area contributed by atoms with Gasteiger partial charge in [0.05, 0.1) is 12.2 Å². The Balaban J connectivity index is 2.37. The molecule has 0 fully saturated rings. The van der Waals surface area contributed by atoms with Gasteiger partial charge < -0.3 is 0 Å². The van der Waals surface area contributed by atoms with Crippen LogP contribution in [0.2, 0.25) is 0 Å². The first-order valence-corrected chi connectivity index (χ1v) is 6.09. The summed E-state index contributed by atoms with van der Waals surface area (Å²) in [5, 5.41) is 7.96. The Morgan fingerprint density at radius 1 is 1.19 bits per heavy atom. The molecule has 1 unspecified atom stereocenters. The third kappa shape index (κ3) is 2.32. The summed E-state index contributed by atoms with van der Waals surface area (Å²) in [5.74, 6) is 0.475. The van der Waals surface area contributed by atoms with Crippen LogP contribution in [-0.4, -0.2) is 15.0 Å². The van der Waals surface area contributed by atoms with E-state index in [0.717, 1.165) is 4.47 Å². The van der Waals surface area contributed by atoms with E-state index in [0.29, 0.717) is 5.92 Å². The Hall–Kier alpha value is -1.16. The quantitative estimate of drug-likeness (QED) is 0.863. The van der Waals surface area contributed by atoms with Crippen LogP contribution in [0.4, 0.5) is 0 Å². The maximum atomic E-state index is 4.09. The minimum atomic E-state index is 0.246. The average Bonchev–Trinajstić information content (AvgIpc) is 2.74. The van der Waals surface area contributed by atoms with E-state index in [4.69, 9.17) is 0 Å². The van der Waals surface area contributed by atoms with Gasteiger partial charge in [-0.25, -0.2) is 4.68 Å². The zero-order chi connectivity index (χ0) is 11.5. The van der Waals surface area contributed by atoms with Crippen LogP contribution in [0.3, 0.4) is 0 Å².